The molecular weight excluding hydrogens is 599 g/mol. The van der Waals surface area contributed by atoms with Crippen molar-refractivity contribution in [2.75, 3.05) is 14.2 Å². The third-order valence-electron chi connectivity index (χ3n) is 6.82. The number of nitrogens with two attached hydrogens (primary N) is 1. The number of nitro groups is 1. The third kappa shape index (κ3) is 11.9. The van der Waals surface area contributed by atoms with Gasteiger partial charge in [0.2, 0.25) is 5.91 Å². The SMILES string of the molecule is CC(C)(C)c1cc(C(C)(C)C(=O)O)c(O)cc1[N+](=O)[O-].CO.COC(=O)Oc1ccc(C(C)(C)C)cc1C(C)(C)C(N)=O.[Na+].[OH-]. The zero-order valence-corrected chi connectivity index (χ0v) is 30.6. The zero-order chi connectivity index (χ0) is 34.3. The Labute approximate surface area is 286 Å². The van der Waals surface area contributed by atoms with Crippen LogP contribution in [0.25, 0.3) is 0 Å². The van der Waals surface area contributed by atoms with E-state index >= 15 is 0 Å². The van der Waals surface area contributed by atoms with Gasteiger partial charge in [-0.05, 0) is 56.2 Å². The number of hydrogen-bond donors (Lipinski definition) is 4. The van der Waals surface area contributed by atoms with Gasteiger partial charge in [0.05, 0.1) is 28.9 Å². The minimum absolute atomic E-state index is 0. The van der Waals surface area contributed by atoms with Crippen molar-refractivity contribution in [1.29, 1.82) is 0 Å². The Morgan fingerprint density at radius 2 is 1.31 bits per heavy atom. The van der Waals surface area contributed by atoms with Gasteiger partial charge in [-0.25, -0.2) is 4.79 Å². The molecule has 14 heteroatoms. The molecule has 0 saturated heterocycles. The number of primary amides is 1. The van der Waals surface area contributed by atoms with E-state index in [4.69, 9.17) is 15.6 Å². The van der Waals surface area contributed by atoms with Gasteiger partial charge >= 0.3 is 41.7 Å². The Hall–Kier alpha value is -3.23. The molecule has 0 aromatic heterocycles. The van der Waals surface area contributed by atoms with E-state index in [-0.39, 0.29) is 63.2 Å². The van der Waals surface area contributed by atoms with Crippen molar-refractivity contribution in [2.45, 2.75) is 90.9 Å². The largest absolute Gasteiger partial charge is 1.00 e. The maximum atomic E-state index is 11.7. The number of ether oxygens (including phenoxy) is 2. The van der Waals surface area contributed by atoms with Gasteiger partial charge in [0, 0.05) is 23.8 Å². The average Bonchev–Trinajstić information content (AvgIpc) is 2.88. The summed E-state index contributed by atoms with van der Waals surface area (Å²) in [4.78, 5) is 44.9. The van der Waals surface area contributed by atoms with Crippen LogP contribution >= 0.6 is 0 Å². The van der Waals surface area contributed by atoms with Crippen molar-refractivity contribution in [3.63, 3.8) is 0 Å². The normalized spacial score (nSPS) is 11.1. The molecule has 0 atom stereocenters. The molecule has 6 N–H and O–H groups in total. The standard InChI is InChI=1S/C16H23NO4.C14H19NO5.CH4O.Na.H2O/c1-15(2,3)10-7-8-12(21-14(19)20-6)11(9-10)16(4,5)13(17)18;1-13(2,3)8-6-9(14(4,5)12(17)18)11(16)7-10(8)15(19)20;1-2;;/h7-9H,1-6H3,(H2,17,18);6-7,16H,1-5H3,(H,17,18);2H,1H3;;1H2/q;;;+1;/p-1. The fraction of sp³-hybridized carbons (Fsp3) is 0.516. The molecule has 2 aromatic rings. The number of methoxy groups -OCH3 is 1. The first-order chi connectivity index (χ1) is 19.4. The molecule has 0 saturated carbocycles. The predicted molar refractivity (Wildman–Crippen MR) is 165 cm³/mol. The molecular formula is C31H47N2NaO11. The summed E-state index contributed by atoms with van der Waals surface area (Å²) in [6.07, 6.45) is -0.833. The topological polar surface area (TPSA) is 230 Å². The summed E-state index contributed by atoms with van der Waals surface area (Å²) in [5.74, 6) is -1.71. The van der Waals surface area contributed by atoms with Gasteiger partial charge in [-0.15, -0.1) is 0 Å². The maximum absolute atomic E-state index is 11.7. The zero-order valence-electron chi connectivity index (χ0n) is 28.6. The van der Waals surface area contributed by atoms with Crippen molar-refractivity contribution in [2.24, 2.45) is 5.73 Å². The fourth-order valence-electron chi connectivity index (χ4n) is 3.78. The molecule has 0 spiro atoms. The smallest absolute Gasteiger partial charge is 0.870 e. The van der Waals surface area contributed by atoms with Crippen LogP contribution in [0.1, 0.15) is 91.5 Å². The van der Waals surface area contributed by atoms with Crippen molar-refractivity contribution < 1.29 is 79.1 Å². The van der Waals surface area contributed by atoms with Crippen LogP contribution in [0.2, 0.25) is 0 Å². The van der Waals surface area contributed by atoms with Crippen molar-refractivity contribution in [3.05, 3.63) is 62.7 Å². The van der Waals surface area contributed by atoms with Crippen LogP contribution in [0.5, 0.6) is 11.5 Å². The van der Waals surface area contributed by atoms with Crippen LogP contribution in [0.3, 0.4) is 0 Å². The van der Waals surface area contributed by atoms with Gasteiger partial charge in [-0.3, -0.25) is 19.7 Å². The molecule has 13 nitrogen and oxygen atoms in total. The van der Waals surface area contributed by atoms with Crippen LogP contribution in [0.15, 0.2) is 30.3 Å². The molecule has 0 aliphatic rings. The number of aromatic hydroxyl groups is 1. The first-order valence-electron chi connectivity index (χ1n) is 13.3. The van der Waals surface area contributed by atoms with E-state index in [1.54, 1.807) is 40.7 Å². The summed E-state index contributed by atoms with van der Waals surface area (Å²) in [7, 11) is 2.23. The van der Waals surface area contributed by atoms with E-state index in [0.717, 1.165) is 18.7 Å². The van der Waals surface area contributed by atoms with Crippen LogP contribution in [-0.2, 0) is 36.0 Å². The van der Waals surface area contributed by atoms with Crippen LogP contribution in [-0.4, -0.2) is 58.0 Å². The summed E-state index contributed by atoms with van der Waals surface area (Å²) < 4.78 is 9.63. The number of carbonyl (C=O) groups excluding carboxylic acids is 2. The first kappa shape index (κ1) is 46.2. The number of carboxylic acid groups (broad SMARTS) is 1. The van der Waals surface area contributed by atoms with Crippen molar-refractivity contribution >= 4 is 23.7 Å². The predicted octanol–water partition coefficient (Wildman–Crippen LogP) is 2.29. The molecule has 0 bridgehead atoms. The molecule has 0 aliphatic carbocycles. The number of phenolic OH excluding ortho intramolecular Hbond substituents is 1. The quantitative estimate of drug-likeness (QED) is 0.117. The summed E-state index contributed by atoms with van der Waals surface area (Å²) in [6, 6.07) is 7.82. The van der Waals surface area contributed by atoms with E-state index in [1.807, 2.05) is 12.1 Å². The van der Waals surface area contributed by atoms with Gasteiger partial charge in [0.15, 0.2) is 0 Å². The third-order valence-corrected chi connectivity index (χ3v) is 6.82. The van der Waals surface area contributed by atoms with Gasteiger partial charge in [-0.1, -0.05) is 53.7 Å². The number of phenols is 1. The molecule has 0 radical (unpaired) electrons. The average molecular weight is 647 g/mol. The van der Waals surface area contributed by atoms with Crippen molar-refractivity contribution in [3.8, 4) is 11.5 Å². The second-order valence-corrected chi connectivity index (χ2v) is 12.8. The van der Waals surface area contributed by atoms with E-state index in [9.17, 15) is 34.7 Å². The number of aliphatic carboxylic acids is 1. The molecule has 0 fully saturated rings. The summed E-state index contributed by atoms with van der Waals surface area (Å²) in [6.45, 7) is 17.9. The van der Waals surface area contributed by atoms with E-state index < -0.39 is 39.2 Å². The molecule has 2 rings (SSSR count). The van der Waals surface area contributed by atoms with Crippen molar-refractivity contribution in [1.82, 2.24) is 0 Å². The second-order valence-electron chi connectivity index (χ2n) is 12.8. The Kier molecular flexibility index (Phi) is 17.9. The number of rotatable bonds is 6. The Balaban J connectivity index is -0.000000713. The van der Waals surface area contributed by atoms with Gasteiger partial charge < -0.3 is 36.0 Å². The molecule has 1 amide bonds. The molecule has 0 unspecified atom stereocenters. The van der Waals surface area contributed by atoms with Gasteiger partial charge in [0.1, 0.15) is 11.5 Å². The monoisotopic (exact) mass is 646 g/mol. The molecule has 248 valence electrons. The number of benzene rings is 2. The molecule has 2 aromatic carbocycles. The molecule has 0 aliphatic heterocycles. The van der Waals surface area contributed by atoms with Crippen LogP contribution in [0, 0.1) is 10.1 Å². The first-order valence-corrected chi connectivity index (χ1v) is 13.3. The number of nitro benzene ring substituents is 1. The minimum atomic E-state index is -1.33. The molecule has 45 heavy (non-hydrogen) atoms. The van der Waals surface area contributed by atoms with Crippen LogP contribution in [0.4, 0.5) is 10.5 Å². The number of carbonyl (C=O) groups is 3. The maximum Gasteiger partial charge on any atom is 1.00 e. The number of aliphatic hydroxyl groups excluding tert-OH is 1. The van der Waals surface area contributed by atoms with E-state index in [1.165, 1.54) is 27.0 Å². The number of amides is 1. The number of aliphatic hydroxyl groups is 1. The molecule has 0 heterocycles. The van der Waals surface area contributed by atoms with Crippen LogP contribution < -0.4 is 40.0 Å². The van der Waals surface area contributed by atoms with Gasteiger partial charge in [0.25, 0.3) is 5.69 Å². The summed E-state index contributed by atoms with van der Waals surface area (Å²) in [5, 5.41) is 37.3. The summed E-state index contributed by atoms with van der Waals surface area (Å²) in [5.41, 5.74) is 4.47. The Morgan fingerprint density at radius 3 is 1.67 bits per heavy atom. The van der Waals surface area contributed by atoms with E-state index in [2.05, 4.69) is 25.5 Å². The second kappa shape index (κ2) is 17.5. The fourth-order valence-corrected chi connectivity index (χ4v) is 3.78. The number of hydrogen-bond acceptors (Lipinski definition) is 10. The van der Waals surface area contributed by atoms with E-state index in [0.29, 0.717) is 11.1 Å². The Bertz CT molecular complexity index is 1340. The Morgan fingerprint density at radius 1 is 0.822 bits per heavy atom. The minimum Gasteiger partial charge on any atom is -0.870 e. The van der Waals surface area contributed by atoms with Gasteiger partial charge in [-0.2, -0.15) is 0 Å². The number of nitrogens with zero attached hydrogens (tertiary/aromatic N) is 1. The number of carboxylic acids is 1. The summed E-state index contributed by atoms with van der Waals surface area (Å²) >= 11 is 0.